The number of ketones is 4. The minimum Gasteiger partial charge on any atom is -0.390 e. The van der Waals surface area contributed by atoms with Crippen molar-refractivity contribution in [2.75, 3.05) is 27.9 Å². The number of carbonyl (C=O) groups excluding carboxylic acids is 5. The lowest BCUT2D eigenvalue weighted by atomic mass is 9.74. The lowest BCUT2D eigenvalue weighted by molar-refractivity contribution is -0.265. The van der Waals surface area contributed by atoms with Crippen molar-refractivity contribution in [1.29, 1.82) is 0 Å². The van der Waals surface area contributed by atoms with E-state index >= 15 is 0 Å². The molecule has 15 atom stereocenters. The average molecular weight is 912 g/mol. The summed E-state index contributed by atoms with van der Waals surface area (Å²) < 4.78 is 23.2. The molecule has 13 heteroatoms. The average Bonchev–Trinajstić information content (AvgIpc) is 3.28. The van der Waals surface area contributed by atoms with E-state index in [-0.39, 0.29) is 60.6 Å². The number of nitrogens with zero attached hydrogens (tertiary/aromatic N) is 1. The molecule has 3 heterocycles. The summed E-state index contributed by atoms with van der Waals surface area (Å²) in [6.45, 7) is 13.1. The van der Waals surface area contributed by atoms with Crippen molar-refractivity contribution < 1.29 is 58.2 Å². The maximum Gasteiger partial charge on any atom is 0.296 e. The first-order valence-corrected chi connectivity index (χ1v) is 24.2. The zero-order chi connectivity index (χ0) is 48.2. The zero-order valence-corrected chi connectivity index (χ0v) is 40.9. The van der Waals surface area contributed by atoms with Gasteiger partial charge in [-0.3, -0.25) is 24.0 Å². The number of ether oxygens (including phenoxy) is 4. The molecule has 0 aromatic carbocycles. The summed E-state index contributed by atoms with van der Waals surface area (Å²) in [5.41, 5.74) is 1.32. The predicted molar refractivity (Wildman–Crippen MR) is 248 cm³/mol. The number of carbonyl (C=O) groups is 5. The standard InChI is InChI=1S/C52H81NO12/c1-31-16-12-11-13-17-32(2)45(62-8)30-40-21-19-37(7)52(61,65-40)50(59)51(60)53-23-15-14-18-41(53)44(56)29-39(33(3)26-38-20-22-42(54)46(27-38)63-9)28-43(55)34(4)25-36(6)48(58)49(64-10)47(57)35(5)24-31/h11-13,16-17,25,31,33-35,37-42,45-46,48-49,54,58,61H,14-15,18-24,26-30H2,1-10H3/b13-11?,16-12+,32-17?,36-25+/t31-,33-,34-,35-,37-,38+,39-,40+,41+,42-,45+,46-,48-,49+,52-/m1/s1. The van der Waals surface area contributed by atoms with Crippen molar-refractivity contribution in [3.63, 3.8) is 0 Å². The maximum atomic E-state index is 14.6. The topological polar surface area (TPSA) is 186 Å². The number of methoxy groups -OCH3 is 3. The minimum atomic E-state index is -2.39. The predicted octanol–water partition coefficient (Wildman–Crippen LogP) is 6.84. The van der Waals surface area contributed by atoms with Crippen LogP contribution < -0.4 is 0 Å². The molecule has 2 saturated heterocycles. The lowest BCUT2D eigenvalue weighted by Crippen LogP contribution is -2.60. The van der Waals surface area contributed by atoms with E-state index in [1.165, 1.54) is 12.0 Å². The second-order valence-electron chi connectivity index (χ2n) is 20.0. The number of Topliss-reactive ketones (excluding diaryl/α,β-unsaturated/α-hetero) is 4. The van der Waals surface area contributed by atoms with Crippen LogP contribution in [0.25, 0.3) is 0 Å². The molecule has 0 unspecified atom stereocenters. The molecule has 0 aromatic heterocycles. The quantitative estimate of drug-likeness (QED) is 0.186. The van der Waals surface area contributed by atoms with Gasteiger partial charge < -0.3 is 39.2 Å². The number of aliphatic hydroxyl groups excluding tert-OH is 2. The number of rotatable bonds is 6. The molecular weight excluding hydrogens is 831 g/mol. The molecule has 1 aliphatic carbocycles. The normalized spacial score (nSPS) is 39.2. The van der Waals surface area contributed by atoms with Crippen molar-refractivity contribution in [2.24, 2.45) is 41.4 Å². The number of amides is 1. The number of hydrogen-bond acceptors (Lipinski definition) is 12. The van der Waals surface area contributed by atoms with E-state index in [9.17, 15) is 39.3 Å². The summed E-state index contributed by atoms with van der Waals surface area (Å²) in [4.78, 5) is 72.3. The van der Waals surface area contributed by atoms with E-state index in [0.717, 1.165) is 12.0 Å². The Hall–Kier alpha value is -3.17. The summed E-state index contributed by atoms with van der Waals surface area (Å²) in [6, 6.07) is -0.917. The number of fused-ring (bicyclic) bond motifs is 3. The Morgan fingerprint density at radius 3 is 2.20 bits per heavy atom. The Bertz CT molecular complexity index is 1750. The van der Waals surface area contributed by atoms with Crippen LogP contribution in [0.5, 0.6) is 0 Å². The maximum absolute atomic E-state index is 14.6. The van der Waals surface area contributed by atoms with E-state index in [1.807, 2.05) is 58.1 Å². The van der Waals surface area contributed by atoms with Gasteiger partial charge in [0.25, 0.3) is 11.7 Å². The van der Waals surface area contributed by atoms with Gasteiger partial charge in [-0.05, 0) is 113 Å². The van der Waals surface area contributed by atoms with Crippen LogP contribution >= 0.6 is 0 Å². The zero-order valence-electron chi connectivity index (χ0n) is 40.9. The molecule has 4 rings (SSSR count). The summed E-state index contributed by atoms with van der Waals surface area (Å²) in [7, 11) is 4.57. The van der Waals surface area contributed by atoms with Crippen LogP contribution in [0.1, 0.15) is 132 Å². The highest BCUT2D eigenvalue weighted by Crippen LogP contribution is 2.39. The van der Waals surface area contributed by atoms with Crippen molar-refractivity contribution in [3.05, 3.63) is 47.6 Å². The lowest BCUT2D eigenvalue weighted by Gasteiger charge is -2.43. The molecule has 4 aliphatic rings. The van der Waals surface area contributed by atoms with Gasteiger partial charge in [-0.1, -0.05) is 71.1 Å². The van der Waals surface area contributed by atoms with E-state index in [0.29, 0.717) is 69.8 Å². The molecule has 3 fully saturated rings. The van der Waals surface area contributed by atoms with E-state index < -0.39 is 77.7 Å². The highest BCUT2D eigenvalue weighted by atomic mass is 16.6. The van der Waals surface area contributed by atoms with Crippen LogP contribution in [-0.4, -0.2) is 126 Å². The van der Waals surface area contributed by atoms with Gasteiger partial charge in [-0.15, -0.1) is 0 Å². The Labute approximate surface area is 388 Å². The fourth-order valence-corrected chi connectivity index (χ4v) is 10.6. The van der Waals surface area contributed by atoms with Gasteiger partial charge in [-0.2, -0.15) is 0 Å². The van der Waals surface area contributed by atoms with Crippen LogP contribution in [0, 0.1) is 41.4 Å². The summed E-state index contributed by atoms with van der Waals surface area (Å²) in [6.07, 6.45) is 13.2. The number of aliphatic hydroxyl groups is 3. The van der Waals surface area contributed by atoms with E-state index in [2.05, 4.69) is 0 Å². The highest BCUT2D eigenvalue weighted by Gasteiger charge is 2.53. The molecule has 2 bridgehead atoms. The van der Waals surface area contributed by atoms with Crippen LogP contribution in [0.3, 0.4) is 0 Å². The molecule has 1 saturated carbocycles. The van der Waals surface area contributed by atoms with Gasteiger partial charge in [-0.25, -0.2) is 0 Å². The Kier molecular flexibility index (Phi) is 21.2. The molecule has 0 spiro atoms. The van der Waals surface area contributed by atoms with Gasteiger partial charge >= 0.3 is 0 Å². The fourth-order valence-electron chi connectivity index (χ4n) is 10.6. The number of hydrogen-bond donors (Lipinski definition) is 3. The molecule has 65 heavy (non-hydrogen) atoms. The van der Waals surface area contributed by atoms with Gasteiger partial charge in [0.05, 0.1) is 30.5 Å². The van der Waals surface area contributed by atoms with Crippen molar-refractivity contribution in [1.82, 2.24) is 4.90 Å². The third-order valence-corrected chi connectivity index (χ3v) is 15.0. The van der Waals surface area contributed by atoms with Crippen molar-refractivity contribution in [2.45, 2.75) is 180 Å². The summed E-state index contributed by atoms with van der Waals surface area (Å²) >= 11 is 0. The summed E-state index contributed by atoms with van der Waals surface area (Å²) in [5.74, 6) is -7.12. The van der Waals surface area contributed by atoms with Gasteiger partial charge in [0.1, 0.15) is 18.0 Å². The molecule has 366 valence electrons. The van der Waals surface area contributed by atoms with Gasteiger partial charge in [0.2, 0.25) is 5.79 Å². The van der Waals surface area contributed by atoms with E-state index in [4.69, 9.17) is 18.9 Å². The Morgan fingerprint density at radius 2 is 1.52 bits per heavy atom. The molecule has 13 nitrogen and oxygen atoms in total. The molecule has 1 amide bonds. The Morgan fingerprint density at radius 1 is 0.815 bits per heavy atom. The smallest absolute Gasteiger partial charge is 0.296 e. The van der Waals surface area contributed by atoms with E-state index in [1.54, 1.807) is 41.1 Å². The molecule has 0 aromatic rings. The van der Waals surface area contributed by atoms with Crippen molar-refractivity contribution in [3.8, 4) is 0 Å². The third kappa shape index (κ3) is 14.4. The second kappa shape index (κ2) is 25.3. The number of allylic oxidation sites excluding steroid dienone is 6. The van der Waals surface area contributed by atoms with Gasteiger partial charge in [0.15, 0.2) is 11.6 Å². The minimum absolute atomic E-state index is 0.0118. The number of piperidine rings is 1. The van der Waals surface area contributed by atoms with Crippen molar-refractivity contribution >= 4 is 29.0 Å². The fraction of sp³-hybridized carbons (Fsp3) is 0.750. The first-order chi connectivity index (χ1) is 30.7. The Balaban J connectivity index is 1.70. The molecular formula is C52H81NO12. The van der Waals surface area contributed by atoms with Gasteiger partial charge in [0, 0.05) is 64.9 Å². The first kappa shape index (κ1) is 54.4. The molecule has 3 N–H and O–H groups in total. The van der Waals surface area contributed by atoms with Crippen LogP contribution in [0.15, 0.2) is 47.6 Å². The largest absolute Gasteiger partial charge is 0.390 e. The third-order valence-electron chi connectivity index (χ3n) is 15.0. The monoisotopic (exact) mass is 912 g/mol. The highest BCUT2D eigenvalue weighted by molar-refractivity contribution is 6.39. The van der Waals surface area contributed by atoms with Crippen LogP contribution in [0.2, 0.25) is 0 Å². The van der Waals surface area contributed by atoms with Crippen LogP contribution in [0.4, 0.5) is 0 Å². The molecule has 0 radical (unpaired) electrons. The first-order valence-electron chi connectivity index (χ1n) is 24.2. The molecule has 3 aliphatic heterocycles. The van der Waals surface area contributed by atoms with Crippen LogP contribution in [-0.2, 0) is 42.9 Å². The second-order valence-corrected chi connectivity index (χ2v) is 20.0. The summed E-state index contributed by atoms with van der Waals surface area (Å²) in [5, 5.41) is 33.9. The SMILES string of the molecule is CO[C@H]1C[C@@H]2CC[C@@H](C)[C@@](O)(O2)C(=O)C(=O)N2CCCC[C@H]2C(=O)C[C@H]([C@H](C)C[C@@H]2CC[C@@H](O)[C@H](OC)C2)CC(=O)[C@H](C)/C=C(\C)[C@@H](O)[C@@H](OC)C(=O)[C@H](C)C[C@H](C)/C=C/C=CC=C1C.